The molecule has 1 aliphatic heterocycles. The van der Waals surface area contributed by atoms with E-state index in [4.69, 9.17) is 9.47 Å². The number of amides is 2. The molecular formula is C28H30N2O4. The summed E-state index contributed by atoms with van der Waals surface area (Å²) in [6.45, 7) is 1.62. The van der Waals surface area contributed by atoms with E-state index >= 15 is 0 Å². The van der Waals surface area contributed by atoms with Crippen LogP contribution >= 0.6 is 0 Å². The molecule has 0 saturated carbocycles. The quantitative estimate of drug-likeness (QED) is 0.526. The molecule has 3 aromatic rings. The molecule has 2 amide bonds. The number of nitrogens with one attached hydrogen (secondary N) is 2. The van der Waals surface area contributed by atoms with Crippen LogP contribution in [0.1, 0.15) is 34.3 Å². The Bertz CT molecular complexity index is 1090. The maximum atomic E-state index is 13.5. The lowest BCUT2D eigenvalue weighted by Gasteiger charge is -2.36. The molecule has 1 aliphatic rings. The van der Waals surface area contributed by atoms with Crippen molar-refractivity contribution >= 4 is 17.5 Å². The van der Waals surface area contributed by atoms with Gasteiger partial charge in [0.05, 0.1) is 12.5 Å². The molecule has 34 heavy (non-hydrogen) atoms. The molecule has 0 bridgehead atoms. The van der Waals surface area contributed by atoms with E-state index in [1.165, 1.54) is 5.56 Å². The third kappa shape index (κ3) is 5.46. The minimum atomic E-state index is -0.669. The Hall–Kier alpha value is -3.64. The van der Waals surface area contributed by atoms with E-state index in [1.807, 2.05) is 54.6 Å². The molecule has 176 valence electrons. The summed E-state index contributed by atoms with van der Waals surface area (Å²) in [5, 5.41) is 6.00. The van der Waals surface area contributed by atoms with Gasteiger partial charge >= 0.3 is 0 Å². The monoisotopic (exact) mass is 458 g/mol. The predicted octanol–water partition coefficient (Wildman–Crippen LogP) is 4.35. The Labute approximate surface area is 200 Å². The van der Waals surface area contributed by atoms with Crippen molar-refractivity contribution in [1.29, 1.82) is 0 Å². The number of hydrogen-bond donors (Lipinski definition) is 2. The van der Waals surface area contributed by atoms with E-state index in [2.05, 4.69) is 10.6 Å². The number of methoxy groups -OCH3 is 1. The fourth-order valence-electron chi connectivity index (χ4n) is 4.30. The number of benzene rings is 3. The third-order valence-electron chi connectivity index (χ3n) is 6.37. The van der Waals surface area contributed by atoms with E-state index in [1.54, 1.807) is 31.4 Å². The summed E-state index contributed by atoms with van der Waals surface area (Å²) in [5.74, 6) is 0.554. The molecule has 2 N–H and O–H groups in total. The van der Waals surface area contributed by atoms with Gasteiger partial charge in [0, 0.05) is 31.0 Å². The zero-order valence-electron chi connectivity index (χ0n) is 19.4. The van der Waals surface area contributed by atoms with Crippen molar-refractivity contribution in [3.8, 4) is 5.75 Å². The number of carbonyl (C=O) groups excluding carboxylic acids is 2. The van der Waals surface area contributed by atoms with E-state index in [-0.39, 0.29) is 11.8 Å². The summed E-state index contributed by atoms with van der Waals surface area (Å²) in [4.78, 5) is 25.9. The Balaban J connectivity index is 1.39. The number of hydrogen-bond acceptors (Lipinski definition) is 4. The van der Waals surface area contributed by atoms with Crippen LogP contribution in [0.15, 0.2) is 78.9 Å². The smallest absolute Gasteiger partial charge is 0.251 e. The number of carbonyl (C=O) groups is 2. The molecular weight excluding hydrogens is 428 g/mol. The van der Waals surface area contributed by atoms with Crippen molar-refractivity contribution in [2.24, 2.45) is 0 Å². The highest BCUT2D eigenvalue weighted by Gasteiger charge is 2.41. The zero-order valence-corrected chi connectivity index (χ0v) is 19.4. The van der Waals surface area contributed by atoms with Crippen molar-refractivity contribution in [1.82, 2.24) is 5.32 Å². The molecule has 4 rings (SSSR count). The van der Waals surface area contributed by atoms with Gasteiger partial charge in [0.15, 0.2) is 0 Å². The molecule has 0 aliphatic carbocycles. The second kappa shape index (κ2) is 11.0. The van der Waals surface area contributed by atoms with Crippen LogP contribution in [-0.4, -0.2) is 38.7 Å². The van der Waals surface area contributed by atoms with E-state index < -0.39 is 5.41 Å². The molecule has 1 saturated heterocycles. The van der Waals surface area contributed by atoms with Crippen LogP contribution in [0, 0.1) is 0 Å². The molecule has 3 aromatic carbocycles. The second-order valence-corrected chi connectivity index (χ2v) is 8.45. The Morgan fingerprint density at radius 3 is 2.24 bits per heavy atom. The van der Waals surface area contributed by atoms with Gasteiger partial charge in [-0.15, -0.1) is 0 Å². The Morgan fingerprint density at radius 1 is 0.912 bits per heavy atom. The van der Waals surface area contributed by atoms with Crippen LogP contribution in [-0.2, 0) is 21.4 Å². The van der Waals surface area contributed by atoms with Gasteiger partial charge in [-0.2, -0.15) is 0 Å². The second-order valence-electron chi connectivity index (χ2n) is 8.45. The number of ether oxygens (including phenoxy) is 2. The first-order valence-electron chi connectivity index (χ1n) is 11.6. The third-order valence-corrected chi connectivity index (χ3v) is 6.37. The van der Waals surface area contributed by atoms with Gasteiger partial charge in [-0.25, -0.2) is 0 Å². The Morgan fingerprint density at radius 2 is 1.59 bits per heavy atom. The Kier molecular flexibility index (Phi) is 7.60. The minimum Gasteiger partial charge on any atom is -0.497 e. The summed E-state index contributed by atoms with van der Waals surface area (Å²) in [6.07, 6.45) is 1.98. The largest absolute Gasteiger partial charge is 0.497 e. The summed E-state index contributed by atoms with van der Waals surface area (Å²) >= 11 is 0. The highest BCUT2D eigenvalue weighted by molar-refractivity contribution is 6.00. The lowest BCUT2D eigenvalue weighted by Crippen LogP contribution is -2.44. The first kappa shape index (κ1) is 23.5. The van der Waals surface area contributed by atoms with Gasteiger partial charge in [-0.05, 0) is 66.8 Å². The summed E-state index contributed by atoms with van der Waals surface area (Å²) in [7, 11) is 1.62. The lowest BCUT2D eigenvalue weighted by molar-refractivity contribution is -0.125. The van der Waals surface area contributed by atoms with E-state index in [0.29, 0.717) is 43.9 Å². The molecule has 6 nitrogen and oxygen atoms in total. The van der Waals surface area contributed by atoms with Crippen molar-refractivity contribution < 1.29 is 19.1 Å². The molecule has 0 atom stereocenters. The molecule has 0 aromatic heterocycles. The molecule has 1 fully saturated rings. The summed E-state index contributed by atoms with van der Waals surface area (Å²) in [6, 6.07) is 24.7. The van der Waals surface area contributed by atoms with Crippen LogP contribution in [0.3, 0.4) is 0 Å². The highest BCUT2D eigenvalue weighted by atomic mass is 16.5. The zero-order chi connectivity index (χ0) is 23.8. The van der Waals surface area contributed by atoms with Crippen LogP contribution in [0.5, 0.6) is 5.75 Å². The number of rotatable bonds is 8. The lowest BCUT2D eigenvalue weighted by atomic mass is 9.73. The van der Waals surface area contributed by atoms with Gasteiger partial charge in [0.25, 0.3) is 5.91 Å². The summed E-state index contributed by atoms with van der Waals surface area (Å²) < 4.78 is 10.8. The van der Waals surface area contributed by atoms with Crippen molar-refractivity contribution in [2.75, 3.05) is 32.2 Å². The van der Waals surface area contributed by atoms with Crippen LogP contribution in [0.4, 0.5) is 5.69 Å². The predicted molar refractivity (Wildman–Crippen MR) is 132 cm³/mol. The van der Waals surface area contributed by atoms with E-state index in [9.17, 15) is 9.59 Å². The van der Waals surface area contributed by atoms with Crippen molar-refractivity contribution in [3.05, 3.63) is 95.6 Å². The van der Waals surface area contributed by atoms with Crippen LogP contribution in [0.2, 0.25) is 0 Å². The first-order chi connectivity index (χ1) is 16.6. The fraction of sp³-hybridized carbons (Fsp3) is 0.286. The van der Waals surface area contributed by atoms with Crippen LogP contribution < -0.4 is 15.4 Å². The maximum absolute atomic E-state index is 13.5. The number of anilines is 1. The molecule has 0 unspecified atom stereocenters. The van der Waals surface area contributed by atoms with Gasteiger partial charge in [-0.1, -0.05) is 42.5 Å². The maximum Gasteiger partial charge on any atom is 0.251 e. The summed E-state index contributed by atoms with van der Waals surface area (Å²) in [5.41, 5.74) is 2.67. The standard InChI is InChI=1S/C28H30N2O4/c1-33-25-13-9-23(10-14-25)28(16-19-34-20-17-28)27(32)30-24-11-7-22(8-12-24)26(31)29-18-15-21-5-3-2-4-6-21/h2-14H,15-20H2,1H3,(H,29,31)(H,30,32). The van der Waals surface area contributed by atoms with E-state index in [0.717, 1.165) is 17.7 Å². The molecule has 1 heterocycles. The average Bonchev–Trinajstić information content (AvgIpc) is 2.90. The van der Waals surface area contributed by atoms with Crippen molar-refractivity contribution in [3.63, 3.8) is 0 Å². The SMILES string of the molecule is COc1ccc(C2(C(=O)Nc3ccc(C(=O)NCCc4ccccc4)cc3)CCOCC2)cc1. The normalized spacial score (nSPS) is 14.7. The van der Waals surface area contributed by atoms with Crippen LogP contribution in [0.25, 0.3) is 0 Å². The van der Waals surface area contributed by atoms with Gasteiger partial charge in [-0.3, -0.25) is 9.59 Å². The fourth-order valence-corrected chi connectivity index (χ4v) is 4.30. The molecule has 0 spiro atoms. The first-order valence-corrected chi connectivity index (χ1v) is 11.6. The van der Waals surface area contributed by atoms with Crippen molar-refractivity contribution in [2.45, 2.75) is 24.7 Å². The van der Waals surface area contributed by atoms with Gasteiger partial charge < -0.3 is 20.1 Å². The van der Waals surface area contributed by atoms with Gasteiger partial charge in [0.2, 0.25) is 5.91 Å². The topological polar surface area (TPSA) is 76.7 Å². The highest BCUT2D eigenvalue weighted by Crippen LogP contribution is 2.37. The molecule has 6 heteroatoms. The average molecular weight is 459 g/mol. The minimum absolute atomic E-state index is 0.0685. The molecule has 0 radical (unpaired) electrons. The van der Waals surface area contributed by atoms with Gasteiger partial charge in [0.1, 0.15) is 5.75 Å².